The molecule has 2 heterocycles. The largest absolute Gasteiger partial charge is 0.497 e. The van der Waals surface area contributed by atoms with Crippen molar-refractivity contribution >= 4 is 42.9 Å². The van der Waals surface area contributed by atoms with Crippen molar-refractivity contribution in [2.45, 2.75) is 28.9 Å². The van der Waals surface area contributed by atoms with E-state index >= 15 is 0 Å². The van der Waals surface area contributed by atoms with Crippen molar-refractivity contribution in [3.63, 3.8) is 0 Å². The van der Waals surface area contributed by atoms with Crippen LogP contribution in [0.1, 0.15) is 11.1 Å². The number of hydrogen-bond acceptors (Lipinski definition) is 13. The van der Waals surface area contributed by atoms with Crippen molar-refractivity contribution in [3.05, 3.63) is 90.0 Å². The lowest BCUT2D eigenvalue weighted by molar-refractivity contribution is -0.119. The van der Waals surface area contributed by atoms with Gasteiger partial charge in [0.05, 0.1) is 43.4 Å². The van der Waals surface area contributed by atoms with Crippen LogP contribution in [0.3, 0.4) is 0 Å². The molecule has 0 saturated carbocycles. The van der Waals surface area contributed by atoms with Gasteiger partial charge in [-0.2, -0.15) is 4.80 Å². The highest BCUT2D eigenvalue weighted by Gasteiger charge is 2.35. The Balaban J connectivity index is 1.57. The normalized spacial score (nSPS) is 12.5. The zero-order valence-electron chi connectivity index (χ0n) is 28.3. The van der Waals surface area contributed by atoms with Gasteiger partial charge in [0.1, 0.15) is 21.3 Å². The van der Waals surface area contributed by atoms with Crippen molar-refractivity contribution in [2.24, 2.45) is 11.5 Å². The molecule has 6 rings (SSSR count). The van der Waals surface area contributed by atoms with Crippen LogP contribution < -0.4 is 36.1 Å². The van der Waals surface area contributed by atoms with E-state index in [-0.39, 0.29) is 36.0 Å². The number of aromatic nitrogens is 6. The molecule has 0 bridgehead atoms. The number of rotatable bonds is 15. The van der Waals surface area contributed by atoms with Crippen molar-refractivity contribution in [2.75, 3.05) is 26.5 Å². The molecular formula is C33H35N11O7S2. The van der Waals surface area contributed by atoms with Crippen LogP contribution in [0.25, 0.3) is 33.5 Å². The molecule has 1 amide bonds. The average Bonchev–Trinajstić information content (AvgIpc) is 3.78. The van der Waals surface area contributed by atoms with Crippen LogP contribution in [0.4, 0.5) is 5.95 Å². The molecule has 276 valence electrons. The van der Waals surface area contributed by atoms with E-state index in [0.717, 1.165) is 11.6 Å². The van der Waals surface area contributed by atoms with E-state index in [1.165, 1.54) is 18.0 Å². The first-order chi connectivity index (χ1) is 25.3. The number of anilines is 1. The number of ether oxygens (including phenoxy) is 2. The fraction of sp³-hybridized carbons (Fsp3) is 0.182. The molecule has 0 radical (unpaired) electrons. The van der Waals surface area contributed by atoms with Crippen molar-refractivity contribution < 1.29 is 31.1 Å². The Kier molecular flexibility index (Phi) is 10.4. The minimum absolute atomic E-state index is 0.0979. The fourth-order valence-corrected chi connectivity index (χ4v) is 8.54. The number of tetrazole rings is 1. The molecule has 0 aliphatic carbocycles. The first-order valence-corrected chi connectivity index (χ1v) is 18.8. The van der Waals surface area contributed by atoms with Gasteiger partial charge in [0, 0.05) is 18.7 Å². The standard InChI is InChI=1S/C33H35N11O7S2/c1-50-21-10-6-19(7-11-21)16-37-53(48,49)30-27(52(46,47)38-17-25(34)31(35)45)15-14-23(24-4-3-5-26-29(24)40-33(36)39-26)28(30)32-41-43-44(42-32)18-20-8-12-22(51-2)13-9-20/h3-15,25,37-38H,16-18,34H2,1-2H3,(H2,35,45)(H3,36,39,40). The molecule has 18 nitrogen and oxygen atoms in total. The number of primary amides is 1. The van der Waals surface area contributed by atoms with Gasteiger partial charge in [-0.3, -0.25) is 4.79 Å². The molecule has 2 aromatic heterocycles. The van der Waals surface area contributed by atoms with Crippen LogP contribution in [-0.4, -0.2) is 79.7 Å². The lowest BCUT2D eigenvalue weighted by atomic mass is 9.98. The number of para-hydroxylation sites is 1. The van der Waals surface area contributed by atoms with Crippen LogP contribution in [-0.2, 0) is 37.9 Å². The maximum atomic E-state index is 14.6. The quantitative estimate of drug-likeness (QED) is 0.0856. The molecule has 4 aromatic carbocycles. The second-order valence-electron chi connectivity index (χ2n) is 11.7. The number of carbonyl (C=O) groups is 1. The third kappa shape index (κ3) is 7.95. The molecule has 0 spiro atoms. The second kappa shape index (κ2) is 15.0. The molecular weight excluding hydrogens is 727 g/mol. The van der Waals surface area contributed by atoms with Crippen molar-refractivity contribution in [1.82, 2.24) is 39.6 Å². The first-order valence-electron chi connectivity index (χ1n) is 15.8. The smallest absolute Gasteiger partial charge is 0.242 e. The van der Waals surface area contributed by atoms with E-state index in [0.29, 0.717) is 33.7 Å². The van der Waals surface area contributed by atoms with Crippen LogP contribution in [0.2, 0.25) is 0 Å². The van der Waals surface area contributed by atoms with Gasteiger partial charge in [-0.1, -0.05) is 42.5 Å². The number of H-pyrrole nitrogens is 1. The predicted molar refractivity (Wildman–Crippen MR) is 194 cm³/mol. The molecule has 1 unspecified atom stereocenters. The second-order valence-corrected chi connectivity index (χ2v) is 15.1. The lowest BCUT2D eigenvalue weighted by Crippen LogP contribution is -2.46. The molecule has 9 N–H and O–H groups in total. The van der Waals surface area contributed by atoms with Crippen LogP contribution in [0.5, 0.6) is 11.5 Å². The summed E-state index contributed by atoms with van der Waals surface area (Å²) in [6.45, 7) is -0.728. The maximum Gasteiger partial charge on any atom is 0.242 e. The molecule has 0 saturated heterocycles. The Labute approximate surface area is 303 Å². The number of nitrogens with zero attached hydrogens (tertiary/aromatic N) is 5. The zero-order valence-corrected chi connectivity index (χ0v) is 30.0. The summed E-state index contributed by atoms with van der Waals surface area (Å²) in [5.74, 6) is 0.101. The maximum absolute atomic E-state index is 14.6. The van der Waals surface area contributed by atoms with Crippen molar-refractivity contribution in [3.8, 4) is 34.0 Å². The van der Waals surface area contributed by atoms with E-state index in [2.05, 4.69) is 34.8 Å². The zero-order chi connectivity index (χ0) is 37.9. The fourth-order valence-electron chi connectivity index (χ4n) is 5.43. The number of benzene rings is 4. The summed E-state index contributed by atoms with van der Waals surface area (Å²) in [6.07, 6.45) is 0. The highest BCUT2D eigenvalue weighted by Crippen LogP contribution is 2.41. The van der Waals surface area contributed by atoms with Crippen LogP contribution in [0.15, 0.2) is 88.7 Å². The number of nitrogens with one attached hydrogen (secondary N) is 3. The molecule has 53 heavy (non-hydrogen) atoms. The topological polar surface area (TPSA) is 278 Å². The molecule has 0 fully saturated rings. The summed E-state index contributed by atoms with van der Waals surface area (Å²) in [7, 11) is -6.44. The SMILES string of the molecule is COc1ccc(CNS(=O)(=O)c2c(S(=O)(=O)NCC(N)C(N)=O)ccc(-c3cccc4[nH]c(N)nc34)c2-c2nnn(Cc3ccc(OC)cc3)n2)cc1. The molecule has 20 heteroatoms. The minimum atomic E-state index is -4.76. The predicted octanol–water partition coefficient (Wildman–Crippen LogP) is 1.10. The van der Waals surface area contributed by atoms with Gasteiger partial charge < -0.3 is 31.7 Å². The van der Waals surface area contributed by atoms with E-state index < -0.39 is 48.3 Å². The monoisotopic (exact) mass is 761 g/mol. The molecule has 1 atom stereocenters. The Morgan fingerprint density at radius 1 is 0.868 bits per heavy atom. The number of amides is 1. The minimum Gasteiger partial charge on any atom is -0.497 e. The van der Waals surface area contributed by atoms with E-state index in [1.807, 2.05) is 0 Å². The summed E-state index contributed by atoms with van der Waals surface area (Å²) in [4.78, 5) is 18.9. The molecule has 0 aliphatic heterocycles. The molecule has 6 aromatic rings. The molecule has 0 aliphatic rings. The summed E-state index contributed by atoms with van der Waals surface area (Å²) in [6, 6.07) is 19.9. The Morgan fingerprint density at radius 3 is 2.17 bits per heavy atom. The Bertz CT molecular complexity index is 2500. The van der Waals surface area contributed by atoms with Crippen molar-refractivity contribution in [1.29, 1.82) is 0 Å². The van der Waals surface area contributed by atoms with Crippen LogP contribution >= 0.6 is 0 Å². The lowest BCUT2D eigenvalue weighted by Gasteiger charge is -2.19. The first kappa shape index (κ1) is 36.8. The van der Waals surface area contributed by atoms with Gasteiger partial charge in [-0.05, 0) is 58.3 Å². The van der Waals surface area contributed by atoms with Gasteiger partial charge in [-0.25, -0.2) is 31.3 Å². The number of nitrogen functional groups attached to an aromatic ring is 1. The number of carbonyl (C=O) groups excluding carboxylic acids is 1. The third-order valence-electron chi connectivity index (χ3n) is 8.14. The van der Waals surface area contributed by atoms with Gasteiger partial charge >= 0.3 is 0 Å². The summed E-state index contributed by atoms with van der Waals surface area (Å²) < 4.78 is 72.3. The van der Waals surface area contributed by atoms with E-state index in [1.54, 1.807) is 73.8 Å². The van der Waals surface area contributed by atoms with E-state index in [4.69, 9.17) is 26.7 Å². The van der Waals surface area contributed by atoms with E-state index in [9.17, 15) is 21.6 Å². The van der Waals surface area contributed by atoms with Gasteiger partial charge in [-0.15, -0.1) is 10.2 Å². The number of methoxy groups -OCH3 is 2. The number of nitrogens with two attached hydrogens (primary N) is 3. The number of sulfonamides is 2. The van der Waals surface area contributed by atoms with Crippen LogP contribution in [0, 0.1) is 0 Å². The third-order valence-corrected chi connectivity index (χ3v) is 11.2. The van der Waals surface area contributed by atoms with Gasteiger partial charge in [0.2, 0.25) is 31.8 Å². The Hall–Kier alpha value is -5.93. The highest BCUT2D eigenvalue weighted by molar-refractivity contribution is 7.92. The van der Waals surface area contributed by atoms with Gasteiger partial charge in [0.25, 0.3) is 0 Å². The average molecular weight is 762 g/mol. The summed E-state index contributed by atoms with van der Waals surface area (Å²) >= 11 is 0. The number of hydrogen-bond donors (Lipinski definition) is 6. The number of imidazole rings is 1. The summed E-state index contributed by atoms with van der Waals surface area (Å²) in [5, 5.41) is 12.9. The Morgan fingerprint density at radius 2 is 1.53 bits per heavy atom. The summed E-state index contributed by atoms with van der Waals surface area (Å²) in [5.41, 5.74) is 19.6. The van der Waals surface area contributed by atoms with Gasteiger partial charge in [0.15, 0.2) is 5.95 Å². The number of aromatic amines is 1. The highest BCUT2D eigenvalue weighted by atomic mass is 32.2. The number of fused-ring (bicyclic) bond motifs is 1.